The summed E-state index contributed by atoms with van der Waals surface area (Å²) in [6, 6.07) is 8.48. The summed E-state index contributed by atoms with van der Waals surface area (Å²) in [5.74, 6) is 0. The molecular weight excluding hydrogens is 270 g/mol. The van der Waals surface area contributed by atoms with Gasteiger partial charge in [-0.05, 0) is 57.0 Å². The highest BCUT2D eigenvalue weighted by atomic mass is 35.5. The molecule has 2 rings (SSSR count). The van der Waals surface area contributed by atoms with Crippen molar-refractivity contribution in [2.45, 2.75) is 32.7 Å². The van der Waals surface area contributed by atoms with Crippen LogP contribution in [0.4, 0.5) is 0 Å². The van der Waals surface area contributed by atoms with Crippen LogP contribution in [0.5, 0.6) is 0 Å². The van der Waals surface area contributed by atoms with Gasteiger partial charge in [-0.3, -0.25) is 4.68 Å². The van der Waals surface area contributed by atoms with Gasteiger partial charge in [0.2, 0.25) is 0 Å². The molecule has 4 heteroatoms. The van der Waals surface area contributed by atoms with Crippen LogP contribution >= 0.6 is 11.6 Å². The summed E-state index contributed by atoms with van der Waals surface area (Å²) in [6.45, 7) is 4.21. The van der Waals surface area contributed by atoms with Gasteiger partial charge in [0.15, 0.2) is 0 Å². The molecule has 1 unspecified atom stereocenters. The lowest BCUT2D eigenvalue weighted by atomic mass is 9.98. The predicted molar refractivity (Wildman–Crippen MR) is 84.4 cm³/mol. The third kappa shape index (κ3) is 3.41. The second kappa shape index (κ2) is 6.42. The maximum absolute atomic E-state index is 5.93. The van der Waals surface area contributed by atoms with Crippen LogP contribution in [0.2, 0.25) is 5.02 Å². The molecule has 0 aliphatic heterocycles. The lowest BCUT2D eigenvalue weighted by molar-refractivity contribution is 0.553. The number of rotatable bonds is 5. The standard InChI is InChI=1S/C16H22ClN3/c1-11-16(12(2)20(4)19-11)10-15(18-3)9-13-5-7-14(17)8-6-13/h5-8,15,18H,9-10H2,1-4H3. The van der Waals surface area contributed by atoms with E-state index < -0.39 is 0 Å². The largest absolute Gasteiger partial charge is 0.316 e. The van der Waals surface area contributed by atoms with Crippen LogP contribution in [0.3, 0.4) is 0 Å². The highest BCUT2D eigenvalue weighted by Gasteiger charge is 2.15. The third-order valence-corrected chi connectivity index (χ3v) is 4.16. The fourth-order valence-corrected chi connectivity index (χ4v) is 2.67. The van der Waals surface area contributed by atoms with Crippen molar-refractivity contribution in [2.24, 2.45) is 7.05 Å². The Morgan fingerprint density at radius 2 is 1.85 bits per heavy atom. The van der Waals surface area contributed by atoms with Gasteiger partial charge in [-0.25, -0.2) is 0 Å². The number of aryl methyl sites for hydroxylation is 2. The van der Waals surface area contributed by atoms with Gasteiger partial charge in [0.25, 0.3) is 0 Å². The number of nitrogens with one attached hydrogen (secondary N) is 1. The first kappa shape index (κ1) is 15.1. The number of likely N-dealkylation sites (N-methyl/N-ethyl adjacent to an activating group) is 1. The van der Waals surface area contributed by atoms with E-state index in [2.05, 4.69) is 36.4 Å². The molecule has 1 heterocycles. The quantitative estimate of drug-likeness (QED) is 0.917. The Bertz CT molecular complexity index is 572. The third-order valence-electron chi connectivity index (χ3n) is 3.91. The molecule has 3 nitrogen and oxygen atoms in total. The Kier molecular flexibility index (Phi) is 4.84. The Hall–Kier alpha value is -1.32. The number of benzene rings is 1. The van der Waals surface area contributed by atoms with Gasteiger partial charge in [0, 0.05) is 23.8 Å². The molecule has 0 amide bonds. The Morgan fingerprint density at radius 3 is 2.35 bits per heavy atom. The second-order valence-electron chi connectivity index (χ2n) is 5.29. The number of hydrogen-bond acceptors (Lipinski definition) is 2. The molecule has 0 fully saturated rings. The number of nitrogens with zero attached hydrogens (tertiary/aromatic N) is 2. The summed E-state index contributed by atoms with van der Waals surface area (Å²) in [5.41, 5.74) is 5.02. The zero-order chi connectivity index (χ0) is 14.7. The summed E-state index contributed by atoms with van der Waals surface area (Å²) in [6.07, 6.45) is 1.98. The summed E-state index contributed by atoms with van der Waals surface area (Å²) in [7, 11) is 4.01. The molecule has 20 heavy (non-hydrogen) atoms. The van der Waals surface area contributed by atoms with Crippen molar-refractivity contribution in [3.8, 4) is 0 Å². The minimum absolute atomic E-state index is 0.401. The van der Waals surface area contributed by atoms with E-state index >= 15 is 0 Å². The van der Waals surface area contributed by atoms with Crippen LogP contribution in [0.25, 0.3) is 0 Å². The normalized spacial score (nSPS) is 12.7. The highest BCUT2D eigenvalue weighted by molar-refractivity contribution is 6.30. The molecule has 0 radical (unpaired) electrons. The van der Waals surface area contributed by atoms with Gasteiger partial charge in [-0.1, -0.05) is 23.7 Å². The molecule has 0 bridgehead atoms. The van der Waals surface area contributed by atoms with E-state index in [1.165, 1.54) is 16.8 Å². The molecule has 1 atom stereocenters. The van der Waals surface area contributed by atoms with E-state index in [-0.39, 0.29) is 0 Å². The van der Waals surface area contributed by atoms with Crippen molar-refractivity contribution < 1.29 is 0 Å². The van der Waals surface area contributed by atoms with Crippen LogP contribution < -0.4 is 5.32 Å². The molecule has 0 spiro atoms. The van der Waals surface area contributed by atoms with Crippen molar-refractivity contribution in [3.63, 3.8) is 0 Å². The van der Waals surface area contributed by atoms with Gasteiger partial charge in [-0.2, -0.15) is 5.10 Å². The zero-order valence-corrected chi connectivity index (χ0v) is 13.3. The molecular formula is C16H22ClN3. The maximum Gasteiger partial charge on any atom is 0.0628 e. The molecule has 0 saturated heterocycles. The Labute approximate surface area is 126 Å². The zero-order valence-electron chi connectivity index (χ0n) is 12.6. The van der Waals surface area contributed by atoms with E-state index in [1.807, 2.05) is 30.9 Å². The van der Waals surface area contributed by atoms with Gasteiger partial charge < -0.3 is 5.32 Å². The molecule has 0 aliphatic carbocycles. The van der Waals surface area contributed by atoms with Crippen molar-refractivity contribution in [1.82, 2.24) is 15.1 Å². The van der Waals surface area contributed by atoms with Gasteiger partial charge in [0.1, 0.15) is 0 Å². The lowest BCUT2D eigenvalue weighted by Gasteiger charge is -2.16. The van der Waals surface area contributed by atoms with Crippen LogP contribution in [-0.4, -0.2) is 22.9 Å². The highest BCUT2D eigenvalue weighted by Crippen LogP contribution is 2.17. The molecule has 1 aromatic carbocycles. The van der Waals surface area contributed by atoms with Crippen molar-refractivity contribution in [1.29, 1.82) is 0 Å². The lowest BCUT2D eigenvalue weighted by Crippen LogP contribution is -2.30. The number of aromatic nitrogens is 2. The SMILES string of the molecule is CNC(Cc1ccc(Cl)cc1)Cc1c(C)nn(C)c1C. The first-order valence-corrected chi connectivity index (χ1v) is 7.30. The van der Waals surface area contributed by atoms with Crippen LogP contribution in [-0.2, 0) is 19.9 Å². The van der Waals surface area contributed by atoms with E-state index in [0.717, 1.165) is 23.6 Å². The molecule has 1 aromatic heterocycles. The van der Waals surface area contributed by atoms with Crippen LogP contribution in [0.15, 0.2) is 24.3 Å². The second-order valence-corrected chi connectivity index (χ2v) is 5.73. The van der Waals surface area contributed by atoms with E-state index in [1.54, 1.807) is 0 Å². The van der Waals surface area contributed by atoms with Crippen molar-refractivity contribution in [3.05, 3.63) is 51.8 Å². The topological polar surface area (TPSA) is 29.9 Å². The summed E-state index contributed by atoms with van der Waals surface area (Å²) in [4.78, 5) is 0. The van der Waals surface area contributed by atoms with Gasteiger partial charge in [-0.15, -0.1) is 0 Å². The van der Waals surface area contributed by atoms with Crippen LogP contribution in [0, 0.1) is 13.8 Å². The summed E-state index contributed by atoms with van der Waals surface area (Å²) >= 11 is 5.93. The minimum atomic E-state index is 0.401. The molecule has 0 aliphatic rings. The van der Waals surface area contributed by atoms with E-state index in [9.17, 15) is 0 Å². The van der Waals surface area contributed by atoms with E-state index in [4.69, 9.17) is 11.6 Å². The van der Waals surface area contributed by atoms with Crippen molar-refractivity contribution >= 4 is 11.6 Å². The average molecular weight is 292 g/mol. The summed E-state index contributed by atoms with van der Waals surface area (Å²) in [5, 5.41) is 8.68. The monoisotopic (exact) mass is 291 g/mol. The number of halogens is 1. The average Bonchev–Trinajstić information content (AvgIpc) is 2.66. The first-order chi connectivity index (χ1) is 9.51. The van der Waals surface area contributed by atoms with E-state index in [0.29, 0.717) is 6.04 Å². The molecule has 1 N–H and O–H groups in total. The molecule has 0 saturated carbocycles. The fourth-order valence-electron chi connectivity index (χ4n) is 2.54. The predicted octanol–water partition coefficient (Wildman–Crippen LogP) is 3.06. The maximum atomic E-state index is 5.93. The Morgan fingerprint density at radius 1 is 1.20 bits per heavy atom. The number of hydrogen-bond donors (Lipinski definition) is 1. The van der Waals surface area contributed by atoms with Gasteiger partial charge >= 0.3 is 0 Å². The summed E-state index contributed by atoms with van der Waals surface area (Å²) < 4.78 is 1.96. The molecule has 108 valence electrons. The van der Waals surface area contributed by atoms with Crippen molar-refractivity contribution in [2.75, 3.05) is 7.05 Å². The smallest absolute Gasteiger partial charge is 0.0628 e. The first-order valence-electron chi connectivity index (χ1n) is 6.92. The van der Waals surface area contributed by atoms with Crippen LogP contribution in [0.1, 0.15) is 22.5 Å². The minimum Gasteiger partial charge on any atom is -0.316 e. The molecule has 2 aromatic rings. The Balaban J connectivity index is 2.11. The fraction of sp³-hybridized carbons (Fsp3) is 0.438. The van der Waals surface area contributed by atoms with Gasteiger partial charge in [0.05, 0.1) is 5.69 Å².